The average molecular weight is 420 g/mol. The molecule has 0 bridgehead atoms. The van der Waals surface area contributed by atoms with Gasteiger partial charge in [-0.2, -0.15) is 0 Å². The fraction of sp³-hybridized carbons (Fsp3) is 0.350. The van der Waals surface area contributed by atoms with Crippen molar-refractivity contribution in [3.05, 3.63) is 53.6 Å². The number of guanidine groups is 1. The summed E-state index contributed by atoms with van der Waals surface area (Å²) >= 11 is 0. The number of nitrogens with two attached hydrogens (primary N) is 1. The van der Waals surface area contributed by atoms with Gasteiger partial charge >= 0.3 is 0 Å². The maximum absolute atomic E-state index is 14.9. The van der Waals surface area contributed by atoms with Gasteiger partial charge in [-0.05, 0) is 30.7 Å². The highest BCUT2D eigenvalue weighted by molar-refractivity contribution is 6.00. The molecule has 1 saturated heterocycles. The van der Waals surface area contributed by atoms with Gasteiger partial charge in [0.2, 0.25) is 5.91 Å². The van der Waals surface area contributed by atoms with Gasteiger partial charge in [-0.15, -0.1) is 0 Å². The Bertz CT molecular complexity index is 1020. The van der Waals surface area contributed by atoms with Crippen molar-refractivity contribution >= 4 is 11.9 Å². The van der Waals surface area contributed by atoms with Gasteiger partial charge in [0, 0.05) is 31.5 Å². The third kappa shape index (κ3) is 3.36. The zero-order chi connectivity index (χ0) is 21.5. The minimum atomic E-state index is -2.75. The standard InChI is InChI=1S/C20H19F3N4O3/c1-27-18(28)13-5-7-29-10-20(13,26-19(27)24)14-8-11(2-3-15(14)21)30-12-4-6-25-16(9-12)17(22)23/h2-4,6,8-9,13,17H,5,7,10H2,1H3,(H2,24,26)/t13-,20-/m0/s1. The number of rotatable bonds is 4. The van der Waals surface area contributed by atoms with Crippen molar-refractivity contribution in [2.45, 2.75) is 18.4 Å². The summed E-state index contributed by atoms with van der Waals surface area (Å²) in [7, 11) is 1.51. The summed E-state index contributed by atoms with van der Waals surface area (Å²) in [5.41, 5.74) is 4.25. The quantitative estimate of drug-likeness (QED) is 0.822. The second kappa shape index (κ2) is 7.60. The molecule has 4 rings (SSSR count). The van der Waals surface area contributed by atoms with Crippen LogP contribution in [0, 0.1) is 11.7 Å². The van der Waals surface area contributed by atoms with Gasteiger partial charge in [-0.1, -0.05) is 0 Å². The Morgan fingerprint density at radius 1 is 1.30 bits per heavy atom. The number of ether oxygens (including phenoxy) is 2. The van der Waals surface area contributed by atoms with E-state index in [2.05, 4.69) is 9.98 Å². The van der Waals surface area contributed by atoms with Crippen LogP contribution in [-0.2, 0) is 15.1 Å². The maximum Gasteiger partial charge on any atom is 0.280 e. The summed E-state index contributed by atoms with van der Waals surface area (Å²) in [6.45, 7) is 0.315. The van der Waals surface area contributed by atoms with Crippen LogP contribution in [0.1, 0.15) is 24.1 Å². The summed E-state index contributed by atoms with van der Waals surface area (Å²) < 4.78 is 51.9. The van der Waals surface area contributed by atoms with Gasteiger partial charge < -0.3 is 15.2 Å². The lowest BCUT2D eigenvalue weighted by molar-refractivity contribution is -0.140. The Balaban J connectivity index is 1.76. The largest absolute Gasteiger partial charge is 0.457 e. The molecule has 0 radical (unpaired) electrons. The molecule has 1 amide bonds. The maximum atomic E-state index is 14.9. The number of fused-ring (bicyclic) bond motifs is 1. The number of aliphatic imine (C=N–C) groups is 1. The first-order valence-corrected chi connectivity index (χ1v) is 9.24. The second-order valence-electron chi connectivity index (χ2n) is 7.15. The van der Waals surface area contributed by atoms with Crippen LogP contribution in [0.4, 0.5) is 13.2 Å². The summed E-state index contributed by atoms with van der Waals surface area (Å²) in [6, 6.07) is 6.45. The minimum absolute atomic E-state index is 0.0247. The first kappa shape index (κ1) is 20.1. The number of pyridine rings is 1. The summed E-state index contributed by atoms with van der Waals surface area (Å²) in [6.07, 6.45) is -1.20. The number of alkyl halides is 2. The first-order valence-electron chi connectivity index (χ1n) is 9.24. The third-order valence-corrected chi connectivity index (χ3v) is 5.35. The van der Waals surface area contributed by atoms with E-state index in [4.69, 9.17) is 15.2 Å². The molecule has 0 aliphatic carbocycles. The van der Waals surface area contributed by atoms with Crippen LogP contribution < -0.4 is 10.5 Å². The van der Waals surface area contributed by atoms with Gasteiger partial charge in [0.05, 0.1) is 12.5 Å². The van der Waals surface area contributed by atoms with Crippen LogP contribution >= 0.6 is 0 Å². The molecule has 2 atom stereocenters. The number of halogens is 3. The van der Waals surface area contributed by atoms with Gasteiger partial charge in [-0.25, -0.2) is 18.2 Å². The summed E-state index contributed by atoms with van der Waals surface area (Å²) in [5.74, 6) is -1.25. The molecule has 10 heteroatoms. The molecule has 0 unspecified atom stereocenters. The molecule has 30 heavy (non-hydrogen) atoms. The van der Waals surface area contributed by atoms with E-state index in [-0.39, 0.29) is 35.5 Å². The molecule has 1 aromatic heterocycles. The highest BCUT2D eigenvalue weighted by atomic mass is 19.3. The van der Waals surface area contributed by atoms with Crippen molar-refractivity contribution in [3.8, 4) is 11.5 Å². The fourth-order valence-electron chi connectivity index (χ4n) is 3.80. The fourth-order valence-corrected chi connectivity index (χ4v) is 3.80. The van der Waals surface area contributed by atoms with E-state index in [9.17, 15) is 18.0 Å². The highest BCUT2D eigenvalue weighted by Gasteiger charge is 2.52. The predicted molar refractivity (Wildman–Crippen MR) is 101 cm³/mol. The lowest BCUT2D eigenvalue weighted by Crippen LogP contribution is -2.58. The Hall–Kier alpha value is -3.14. The van der Waals surface area contributed by atoms with Crippen molar-refractivity contribution in [1.82, 2.24) is 9.88 Å². The molecule has 7 nitrogen and oxygen atoms in total. The smallest absolute Gasteiger partial charge is 0.280 e. The molecular weight excluding hydrogens is 401 g/mol. The number of nitrogens with zero attached hydrogens (tertiary/aromatic N) is 3. The number of amides is 1. The van der Waals surface area contributed by atoms with E-state index in [0.29, 0.717) is 13.0 Å². The number of hydrogen-bond acceptors (Lipinski definition) is 6. The molecule has 1 aromatic carbocycles. The minimum Gasteiger partial charge on any atom is -0.457 e. The van der Waals surface area contributed by atoms with Crippen LogP contribution in [0.25, 0.3) is 0 Å². The van der Waals surface area contributed by atoms with E-state index in [1.165, 1.54) is 42.4 Å². The SMILES string of the molecule is CN1C(=O)[C@@H]2CCOC[C@]2(c2cc(Oc3ccnc(C(F)F)c3)ccc2F)N=C1N. The molecule has 2 aromatic rings. The van der Waals surface area contributed by atoms with E-state index in [0.717, 1.165) is 6.07 Å². The topological polar surface area (TPSA) is 90.0 Å². The molecule has 158 valence electrons. The molecular formula is C20H19F3N4O3. The Morgan fingerprint density at radius 2 is 2.07 bits per heavy atom. The molecule has 2 aliphatic heterocycles. The average Bonchev–Trinajstić information content (AvgIpc) is 2.73. The molecule has 3 heterocycles. The van der Waals surface area contributed by atoms with Gasteiger partial charge in [0.25, 0.3) is 6.43 Å². The normalized spacial score (nSPS) is 23.9. The third-order valence-electron chi connectivity index (χ3n) is 5.35. The van der Waals surface area contributed by atoms with Crippen LogP contribution in [0.15, 0.2) is 41.5 Å². The second-order valence-corrected chi connectivity index (χ2v) is 7.15. The number of carbonyl (C=O) groups is 1. The van der Waals surface area contributed by atoms with Crippen molar-refractivity contribution < 1.29 is 27.4 Å². The van der Waals surface area contributed by atoms with Crippen LogP contribution in [0.3, 0.4) is 0 Å². The molecule has 2 N–H and O–H groups in total. The number of benzene rings is 1. The van der Waals surface area contributed by atoms with Crippen molar-refractivity contribution in [1.29, 1.82) is 0 Å². The zero-order valence-electron chi connectivity index (χ0n) is 16.0. The van der Waals surface area contributed by atoms with Crippen molar-refractivity contribution in [2.75, 3.05) is 20.3 Å². The molecule has 2 aliphatic rings. The van der Waals surface area contributed by atoms with E-state index < -0.39 is 29.4 Å². The summed E-state index contributed by atoms with van der Waals surface area (Å²) in [5, 5.41) is 0. The van der Waals surface area contributed by atoms with Gasteiger partial charge in [0.15, 0.2) is 5.96 Å². The Labute approximate surface area is 170 Å². The highest BCUT2D eigenvalue weighted by Crippen LogP contribution is 2.44. The van der Waals surface area contributed by atoms with Crippen LogP contribution in [0.5, 0.6) is 11.5 Å². The lowest BCUT2D eigenvalue weighted by Gasteiger charge is -2.45. The number of aromatic nitrogens is 1. The number of carbonyl (C=O) groups excluding carboxylic acids is 1. The Kier molecular flexibility index (Phi) is 5.10. The summed E-state index contributed by atoms with van der Waals surface area (Å²) in [4.78, 5) is 22.1. The van der Waals surface area contributed by atoms with E-state index in [1.54, 1.807) is 0 Å². The van der Waals surface area contributed by atoms with Crippen molar-refractivity contribution in [3.63, 3.8) is 0 Å². The lowest BCUT2D eigenvalue weighted by atomic mass is 9.74. The monoisotopic (exact) mass is 420 g/mol. The zero-order valence-corrected chi connectivity index (χ0v) is 16.0. The predicted octanol–water partition coefficient (Wildman–Crippen LogP) is 2.97. The molecule has 1 fully saturated rings. The van der Waals surface area contributed by atoms with Crippen LogP contribution in [0.2, 0.25) is 0 Å². The van der Waals surface area contributed by atoms with E-state index >= 15 is 0 Å². The van der Waals surface area contributed by atoms with E-state index in [1.807, 2.05) is 0 Å². The van der Waals surface area contributed by atoms with Gasteiger partial charge in [0.1, 0.15) is 28.5 Å². The van der Waals surface area contributed by atoms with Crippen LogP contribution in [-0.4, -0.2) is 42.0 Å². The molecule has 0 spiro atoms. The Morgan fingerprint density at radius 3 is 2.83 bits per heavy atom. The van der Waals surface area contributed by atoms with Gasteiger partial charge in [-0.3, -0.25) is 14.7 Å². The molecule has 0 saturated carbocycles. The number of hydrogen-bond donors (Lipinski definition) is 1. The first-order chi connectivity index (χ1) is 14.3. The van der Waals surface area contributed by atoms with Crippen molar-refractivity contribution in [2.24, 2.45) is 16.6 Å².